The third-order valence-corrected chi connectivity index (χ3v) is 3.53. The van der Waals surface area contributed by atoms with Gasteiger partial charge in [-0.15, -0.1) is 11.3 Å². The number of hydrogen-bond acceptors (Lipinski definition) is 2. The van der Waals surface area contributed by atoms with Gasteiger partial charge in [-0.1, -0.05) is 12.1 Å². The first-order valence-electron chi connectivity index (χ1n) is 4.98. The molecule has 1 heterocycles. The first-order chi connectivity index (χ1) is 8.43. The van der Waals surface area contributed by atoms with Crippen molar-refractivity contribution < 1.29 is 22.7 Å². The first kappa shape index (κ1) is 13.0. The first-order valence-corrected chi connectivity index (χ1v) is 5.86. The van der Waals surface area contributed by atoms with E-state index in [4.69, 9.17) is 5.11 Å². The van der Waals surface area contributed by atoms with Crippen molar-refractivity contribution >= 4 is 11.3 Å². The van der Waals surface area contributed by atoms with Crippen LogP contribution in [0.3, 0.4) is 0 Å². The molecule has 2 rings (SSSR count). The molecule has 0 radical (unpaired) electrons. The van der Waals surface area contributed by atoms with E-state index in [1.807, 2.05) is 0 Å². The van der Waals surface area contributed by atoms with Gasteiger partial charge in [0.1, 0.15) is 10.7 Å². The summed E-state index contributed by atoms with van der Waals surface area (Å²) in [5, 5.41) is 10.4. The minimum absolute atomic E-state index is 0.167. The van der Waals surface area contributed by atoms with Crippen LogP contribution < -0.4 is 0 Å². The average molecular weight is 276 g/mol. The Labute approximate surface area is 104 Å². The van der Waals surface area contributed by atoms with Crippen molar-refractivity contribution in [2.45, 2.75) is 12.8 Å². The molecule has 18 heavy (non-hydrogen) atoms. The van der Waals surface area contributed by atoms with Gasteiger partial charge in [0.2, 0.25) is 0 Å². The van der Waals surface area contributed by atoms with Crippen LogP contribution in [0.25, 0.3) is 11.1 Å². The molecule has 2 aromatic rings. The Bertz CT molecular complexity index is 542. The molecule has 0 atom stereocenters. The molecule has 0 aliphatic carbocycles. The maximum absolute atomic E-state index is 12.8. The SMILES string of the molecule is OCc1c(-c2ccc(F)cc2)csc1C(F)(F)F. The Morgan fingerprint density at radius 3 is 2.22 bits per heavy atom. The van der Waals surface area contributed by atoms with Crippen LogP contribution in [0, 0.1) is 5.82 Å². The Morgan fingerprint density at radius 1 is 1.11 bits per heavy atom. The summed E-state index contributed by atoms with van der Waals surface area (Å²) in [5.41, 5.74) is 0.570. The van der Waals surface area contributed by atoms with E-state index in [1.165, 1.54) is 29.6 Å². The Kier molecular flexibility index (Phi) is 3.41. The van der Waals surface area contributed by atoms with Crippen LogP contribution in [0.4, 0.5) is 17.6 Å². The summed E-state index contributed by atoms with van der Waals surface area (Å²) in [7, 11) is 0. The summed E-state index contributed by atoms with van der Waals surface area (Å²) in [5.74, 6) is -0.462. The van der Waals surface area contributed by atoms with Crippen molar-refractivity contribution in [1.82, 2.24) is 0 Å². The smallest absolute Gasteiger partial charge is 0.392 e. The second-order valence-electron chi connectivity index (χ2n) is 3.62. The lowest BCUT2D eigenvalue weighted by Gasteiger charge is -2.08. The molecule has 96 valence electrons. The van der Waals surface area contributed by atoms with Gasteiger partial charge in [0.25, 0.3) is 0 Å². The Hall–Kier alpha value is -1.40. The summed E-state index contributed by atoms with van der Waals surface area (Å²) in [6.45, 7) is -0.703. The maximum Gasteiger partial charge on any atom is 0.425 e. The molecule has 6 heteroatoms. The van der Waals surface area contributed by atoms with Crippen LogP contribution in [0.2, 0.25) is 0 Å². The number of alkyl halides is 3. The number of hydrogen-bond donors (Lipinski definition) is 1. The fourth-order valence-electron chi connectivity index (χ4n) is 1.65. The minimum atomic E-state index is -4.49. The summed E-state index contributed by atoms with van der Waals surface area (Å²) in [4.78, 5) is -0.815. The molecule has 0 fully saturated rings. The molecule has 0 aliphatic rings. The van der Waals surface area contributed by atoms with E-state index >= 15 is 0 Å². The van der Waals surface area contributed by atoms with Crippen LogP contribution in [-0.4, -0.2) is 5.11 Å². The van der Waals surface area contributed by atoms with E-state index in [0.717, 1.165) is 0 Å². The third-order valence-electron chi connectivity index (χ3n) is 2.46. The molecular formula is C12H8F4OS. The number of thiophene rings is 1. The van der Waals surface area contributed by atoms with Gasteiger partial charge in [-0.3, -0.25) is 0 Å². The lowest BCUT2D eigenvalue weighted by Crippen LogP contribution is -2.05. The number of halogens is 4. The molecule has 0 bridgehead atoms. The van der Waals surface area contributed by atoms with Crippen molar-refractivity contribution in [3.8, 4) is 11.1 Å². The second-order valence-corrected chi connectivity index (χ2v) is 4.50. The fraction of sp³-hybridized carbons (Fsp3) is 0.167. The Balaban J connectivity index is 2.52. The van der Waals surface area contributed by atoms with Gasteiger partial charge in [-0.05, 0) is 28.6 Å². The summed E-state index contributed by atoms with van der Waals surface area (Å²) in [6, 6.07) is 5.11. The molecule has 0 saturated carbocycles. The van der Waals surface area contributed by atoms with Crippen LogP contribution in [0.5, 0.6) is 0 Å². The summed E-state index contributed by atoms with van der Waals surface area (Å²) >= 11 is 0.528. The normalized spacial score (nSPS) is 11.8. The van der Waals surface area contributed by atoms with Crippen LogP contribution in [-0.2, 0) is 12.8 Å². The molecule has 1 N–H and O–H groups in total. The van der Waals surface area contributed by atoms with E-state index in [2.05, 4.69) is 0 Å². The van der Waals surface area contributed by atoms with Gasteiger partial charge in [0.15, 0.2) is 0 Å². The van der Waals surface area contributed by atoms with E-state index in [0.29, 0.717) is 16.9 Å². The van der Waals surface area contributed by atoms with E-state index in [9.17, 15) is 17.6 Å². The minimum Gasteiger partial charge on any atom is -0.392 e. The van der Waals surface area contributed by atoms with Gasteiger partial charge in [-0.2, -0.15) is 13.2 Å². The summed E-state index contributed by atoms with van der Waals surface area (Å²) in [6.07, 6.45) is -4.49. The van der Waals surface area contributed by atoms with Crippen molar-refractivity contribution in [3.05, 3.63) is 45.9 Å². The van der Waals surface area contributed by atoms with Crippen molar-refractivity contribution in [2.24, 2.45) is 0 Å². The van der Waals surface area contributed by atoms with Crippen LogP contribution >= 0.6 is 11.3 Å². The predicted molar refractivity (Wildman–Crippen MR) is 60.6 cm³/mol. The van der Waals surface area contributed by atoms with Gasteiger partial charge in [0.05, 0.1) is 6.61 Å². The molecule has 1 nitrogen and oxygen atoms in total. The average Bonchev–Trinajstić information content (AvgIpc) is 2.73. The van der Waals surface area contributed by atoms with Gasteiger partial charge >= 0.3 is 6.18 Å². The number of aliphatic hydroxyl groups excluding tert-OH is 1. The molecule has 0 aliphatic heterocycles. The zero-order valence-electron chi connectivity index (χ0n) is 8.96. The standard InChI is InChI=1S/C12H8F4OS/c13-8-3-1-7(2-4-8)10-6-18-11(9(10)5-17)12(14,15)16/h1-4,6,17H,5H2. The number of rotatable bonds is 2. The molecule has 0 spiro atoms. The van der Waals surface area contributed by atoms with Crippen molar-refractivity contribution in [2.75, 3.05) is 0 Å². The van der Waals surface area contributed by atoms with Crippen molar-refractivity contribution in [1.29, 1.82) is 0 Å². The van der Waals surface area contributed by atoms with Gasteiger partial charge in [-0.25, -0.2) is 4.39 Å². The molecular weight excluding hydrogens is 268 g/mol. The lowest BCUT2D eigenvalue weighted by atomic mass is 10.0. The van der Waals surface area contributed by atoms with E-state index in [1.54, 1.807) is 0 Å². The lowest BCUT2D eigenvalue weighted by molar-refractivity contribution is -0.135. The molecule has 0 unspecified atom stereocenters. The molecule has 1 aromatic carbocycles. The zero-order valence-corrected chi connectivity index (χ0v) is 9.78. The van der Waals surface area contributed by atoms with E-state index < -0.39 is 23.5 Å². The van der Waals surface area contributed by atoms with Crippen LogP contribution in [0.1, 0.15) is 10.4 Å². The largest absolute Gasteiger partial charge is 0.425 e. The second kappa shape index (κ2) is 4.70. The highest BCUT2D eigenvalue weighted by Gasteiger charge is 2.36. The predicted octanol–water partition coefficient (Wildman–Crippen LogP) is 4.07. The maximum atomic E-state index is 12.8. The highest BCUT2D eigenvalue weighted by molar-refractivity contribution is 7.10. The molecule has 0 amide bonds. The monoisotopic (exact) mass is 276 g/mol. The Morgan fingerprint density at radius 2 is 1.72 bits per heavy atom. The molecule has 1 aromatic heterocycles. The fourth-order valence-corrected chi connectivity index (χ4v) is 2.61. The highest BCUT2D eigenvalue weighted by atomic mass is 32.1. The molecule has 0 saturated heterocycles. The zero-order chi connectivity index (χ0) is 13.3. The summed E-state index contributed by atoms with van der Waals surface area (Å²) < 4.78 is 50.8. The highest BCUT2D eigenvalue weighted by Crippen LogP contribution is 2.41. The number of aliphatic hydroxyl groups is 1. The topological polar surface area (TPSA) is 20.2 Å². The van der Waals surface area contributed by atoms with Crippen LogP contribution in [0.15, 0.2) is 29.6 Å². The third kappa shape index (κ3) is 2.39. The quantitative estimate of drug-likeness (QED) is 0.820. The van der Waals surface area contributed by atoms with Gasteiger partial charge in [0, 0.05) is 5.56 Å². The van der Waals surface area contributed by atoms with E-state index in [-0.39, 0.29) is 11.1 Å². The van der Waals surface area contributed by atoms with Gasteiger partial charge < -0.3 is 5.11 Å². The number of benzene rings is 1. The van der Waals surface area contributed by atoms with Crippen molar-refractivity contribution in [3.63, 3.8) is 0 Å².